The highest BCUT2D eigenvalue weighted by molar-refractivity contribution is 5.96. The lowest BCUT2D eigenvalue weighted by Crippen LogP contribution is -2.42. The predicted molar refractivity (Wildman–Crippen MR) is 81.0 cm³/mol. The van der Waals surface area contributed by atoms with Gasteiger partial charge in [0.05, 0.1) is 0 Å². The number of benzene rings is 1. The maximum atomic E-state index is 12.2. The van der Waals surface area contributed by atoms with Gasteiger partial charge < -0.3 is 10.1 Å². The Balaban J connectivity index is 1.89. The molecule has 0 aliphatic heterocycles. The molecule has 114 valence electrons. The molecular weight excluding hydrogens is 266 g/mol. The van der Waals surface area contributed by atoms with Gasteiger partial charge >= 0.3 is 5.97 Å². The van der Waals surface area contributed by atoms with E-state index in [0.29, 0.717) is 12.0 Å². The summed E-state index contributed by atoms with van der Waals surface area (Å²) >= 11 is 0. The molecule has 0 heterocycles. The maximum absolute atomic E-state index is 12.2. The molecule has 0 radical (unpaired) electrons. The molecule has 1 atom stereocenters. The molecule has 2 rings (SSSR count). The van der Waals surface area contributed by atoms with Gasteiger partial charge in [-0.05, 0) is 44.2 Å². The van der Waals surface area contributed by atoms with Crippen LogP contribution in [0.5, 0.6) is 0 Å². The van der Waals surface area contributed by atoms with E-state index in [0.717, 1.165) is 25.7 Å². The minimum atomic E-state index is -0.570. The summed E-state index contributed by atoms with van der Waals surface area (Å²) in [6.07, 6.45) is 5.88. The molecule has 0 saturated heterocycles. The SMILES string of the molecule is CCC(NC(=O)c1ccccc1)C(=O)OC1CCCCC1. The van der Waals surface area contributed by atoms with Crippen LogP contribution in [0.15, 0.2) is 30.3 Å². The number of carbonyl (C=O) groups is 2. The third-order valence-electron chi connectivity index (χ3n) is 3.87. The van der Waals surface area contributed by atoms with Crippen LogP contribution in [-0.4, -0.2) is 24.0 Å². The lowest BCUT2D eigenvalue weighted by atomic mass is 9.98. The van der Waals surface area contributed by atoms with Crippen LogP contribution >= 0.6 is 0 Å². The van der Waals surface area contributed by atoms with E-state index in [4.69, 9.17) is 4.74 Å². The minimum absolute atomic E-state index is 0.0222. The van der Waals surface area contributed by atoms with E-state index in [9.17, 15) is 9.59 Å². The second kappa shape index (κ2) is 7.81. The zero-order valence-corrected chi connectivity index (χ0v) is 12.5. The van der Waals surface area contributed by atoms with Crippen molar-refractivity contribution in [3.63, 3.8) is 0 Å². The van der Waals surface area contributed by atoms with Gasteiger partial charge in [-0.2, -0.15) is 0 Å². The number of rotatable bonds is 5. The standard InChI is InChI=1S/C17H23NO3/c1-2-15(17(20)21-14-11-7-4-8-12-14)18-16(19)13-9-5-3-6-10-13/h3,5-6,9-10,14-15H,2,4,7-8,11-12H2,1H3,(H,18,19). The molecule has 1 aliphatic carbocycles. The molecular formula is C17H23NO3. The van der Waals surface area contributed by atoms with Crippen molar-refractivity contribution < 1.29 is 14.3 Å². The number of carbonyl (C=O) groups excluding carboxylic acids is 2. The highest BCUT2D eigenvalue weighted by atomic mass is 16.5. The van der Waals surface area contributed by atoms with Crippen molar-refractivity contribution in [3.8, 4) is 0 Å². The Morgan fingerprint density at radius 2 is 1.86 bits per heavy atom. The molecule has 0 bridgehead atoms. The van der Waals surface area contributed by atoms with Gasteiger partial charge in [-0.1, -0.05) is 31.5 Å². The monoisotopic (exact) mass is 289 g/mol. The molecule has 0 spiro atoms. The van der Waals surface area contributed by atoms with Crippen molar-refractivity contribution in [2.24, 2.45) is 0 Å². The molecule has 1 N–H and O–H groups in total. The van der Waals surface area contributed by atoms with Crippen LogP contribution in [0.2, 0.25) is 0 Å². The molecule has 1 aromatic carbocycles. The van der Waals surface area contributed by atoms with Gasteiger partial charge in [-0.25, -0.2) is 4.79 Å². The zero-order valence-electron chi connectivity index (χ0n) is 12.5. The van der Waals surface area contributed by atoms with E-state index >= 15 is 0 Å². The summed E-state index contributed by atoms with van der Waals surface area (Å²) in [6, 6.07) is 8.35. The first-order chi connectivity index (χ1) is 10.2. The molecule has 1 aliphatic rings. The number of esters is 1. The molecule has 4 heteroatoms. The molecule has 1 unspecified atom stereocenters. The summed E-state index contributed by atoms with van der Waals surface area (Å²) in [7, 11) is 0. The minimum Gasteiger partial charge on any atom is -0.461 e. The van der Waals surface area contributed by atoms with E-state index in [1.807, 2.05) is 13.0 Å². The van der Waals surface area contributed by atoms with Crippen LogP contribution < -0.4 is 5.32 Å². The van der Waals surface area contributed by atoms with Gasteiger partial charge in [0.25, 0.3) is 5.91 Å². The van der Waals surface area contributed by atoms with E-state index in [-0.39, 0.29) is 18.0 Å². The van der Waals surface area contributed by atoms with Crippen LogP contribution in [-0.2, 0) is 9.53 Å². The summed E-state index contributed by atoms with van der Waals surface area (Å²) in [5.41, 5.74) is 0.557. The number of hydrogen-bond acceptors (Lipinski definition) is 3. The third-order valence-corrected chi connectivity index (χ3v) is 3.87. The quantitative estimate of drug-likeness (QED) is 0.848. The number of ether oxygens (including phenoxy) is 1. The summed E-state index contributed by atoms with van der Waals surface area (Å²) < 4.78 is 5.53. The second-order valence-corrected chi connectivity index (χ2v) is 5.50. The zero-order chi connectivity index (χ0) is 15.1. The Labute approximate surface area is 125 Å². The molecule has 4 nitrogen and oxygen atoms in total. The smallest absolute Gasteiger partial charge is 0.328 e. The third kappa shape index (κ3) is 4.59. The number of amides is 1. The second-order valence-electron chi connectivity index (χ2n) is 5.50. The molecule has 1 saturated carbocycles. The molecule has 1 aromatic rings. The maximum Gasteiger partial charge on any atom is 0.328 e. The first kappa shape index (κ1) is 15.5. The van der Waals surface area contributed by atoms with Crippen molar-refractivity contribution in [3.05, 3.63) is 35.9 Å². The Kier molecular flexibility index (Phi) is 5.78. The summed E-state index contributed by atoms with van der Waals surface area (Å²) in [5.74, 6) is -0.545. The fraction of sp³-hybridized carbons (Fsp3) is 0.529. The topological polar surface area (TPSA) is 55.4 Å². The first-order valence-electron chi connectivity index (χ1n) is 7.77. The van der Waals surface area contributed by atoms with E-state index in [1.165, 1.54) is 6.42 Å². The van der Waals surface area contributed by atoms with Gasteiger partial charge in [0.15, 0.2) is 0 Å². The largest absolute Gasteiger partial charge is 0.461 e. The molecule has 0 aromatic heterocycles. The summed E-state index contributed by atoms with van der Waals surface area (Å²) in [4.78, 5) is 24.3. The normalized spacial score (nSPS) is 17.0. The van der Waals surface area contributed by atoms with Crippen LogP contribution in [0, 0.1) is 0 Å². The van der Waals surface area contributed by atoms with Crippen LogP contribution in [0.4, 0.5) is 0 Å². The molecule has 21 heavy (non-hydrogen) atoms. The lowest BCUT2D eigenvalue weighted by molar-refractivity contribution is -0.152. The van der Waals surface area contributed by atoms with E-state index in [2.05, 4.69) is 5.32 Å². The van der Waals surface area contributed by atoms with Crippen molar-refractivity contribution in [1.82, 2.24) is 5.32 Å². The summed E-state index contributed by atoms with van der Waals surface area (Å²) in [5, 5.41) is 2.76. The van der Waals surface area contributed by atoms with Crippen molar-refractivity contribution in [2.45, 2.75) is 57.6 Å². The fourth-order valence-electron chi connectivity index (χ4n) is 2.59. The Bertz CT molecular complexity index is 466. The van der Waals surface area contributed by atoms with Gasteiger partial charge in [-0.15, -0.1) is 0 Å². The average Bonchev–Trinajstić information content (AvgIpc) is 2.54. The number of nitrogens with one attached hydrogen (secondary N) is 1. The van der Waals surface area contributed by atoms with Crippen LogP contribution in [0.3, 0.4) is 0 Å². The average molecular weight is 289 g/mol. The highest BCUT2D eigenvalue weighted by Crippen LogP contribution is 2.20. The Hall–Kier alpha value is -1.84. The fourth-order valence-corrected chi connectivity index (χ4v) is 2.59. The summed E-state index contributed by atoms with van der Waals surface area (Å²) in [6.45, 7) is 1.87. The van der Waals surface area contributed by atoms with Gasteiger partial charge in [-0.3, -0.25) is 4.79 Å². The van der Waals surface area contributed by atoms with E-state index < -0.39 is 6.04 Å². The van der Waals surface area contributed by atoms with Gasteiger partial charge in [0, 0.05) is 5.56 Å². The predicted octanol–water partition coefficient (Wildman–Crippen LogP) is 3.07. The van der Waals surface area contributed by atoms with Crippen LogP contribution in [0.25, 0.3) is 0 Å². The lowest BCUT2D eigenvalue weighted by Gasteiger charge is -2.24. The van der Waals surface area contributed by atoms with Crippen LogP contribution in [0.1, 0.15) is 55.8 Å². The number of hydrogen-bond donors (Lipinski definition) is 1. The Morgan fingerprint density at radius 1 is 1.19 bits per heavy atom. The van der Waals surface area contributed by atoms with Crippen molar-refractivity contribution >= 4 is 11.9 Å². The Morgan fingerprint density at radius 3 is 2.48 bits per heavy atom. The molecule has 1 fully saturated rings. The highest BCUT2D eigenvalue weighted by Gasteiger charge is 2.25. The van der Waals surface area contributed by atoms with Crippen molar-refractivity contribution in [2.75, 3.05) is 0 Å². The van der Waals surface area contributed by atoms with Crippen molar-refractivity contribution in [1.29, 1.82) is 0 Å². The van der Waals surface area contributed by atoms with Gasteiger partial charge in [0.1, 0.15) is 12.1 Å². The van der Waals surface area contributed by atoms with E-state index in [1.54, 1.807) is 24.3 Å². The molecule has 1 amide bonds. The van der Waals surface area contributed by atoms with Gasteiger partial charge in [0.2, 0.25) is 0 Å². The first-order valence-corrected chi connectivity index (χ1v) is 7.77.